The third-order valence-electron chi connectivity index (χ3n) is 5.27. The van der Waals surface area contributed by atoms with E-state index in [0.717, 1.165) is 5.56 Å². The number of benzene rings is 3. The number of nitrogens with two attached hydrogens (primary N) is 1. The summed E-state index contributed by atoms with van der Waals surface area (Å²) in [5.74, 6) is 0.258. The molecule has 1 aromatic heterocycles. The van der Waals surface area contributed by atoms with Gasteiger partial charge in [0, 0.05) is 11.3 Å². The number of aromatic nitrogens is 3. The largest absolute Gasteiger partial charge is 0.573 e. The Balaban J connectivity index is 1.37. The molecule has 0 saturated heterocycles. The minimum absolute atomic E-state index is 0.0417. The number of ether oxygens (including phenoxy) is 1. The molecule has 0 aliphatic rings. The van der Waals surface area contributed by atoms with Crippen LogP contribution in [-0.4, -0.2) is 33.1 Å². The third-order valence-corrected chi connectivity index (χ3v) is 5.27. The fourth-order valence-corrected chi connectivity index (χ4v) is 3.54. The number of amides is 2. The van der Waals surface area contributed by atoms with Crippen LogP contribution in [-0.2, 0) is 0 Å². The highest BCUT2D eigenvalue weighted by molar-refractivity contribution is 6.02. The Morgan fingerprint density at radius 2 is 1.71 bits per heavy atom. The highest BCUT2D eigenvalue weighted by Crippen LogP contribution is 2.26. The van der Waals surface area contributed by atoms with Crippen molar-refractivity contribution in [3.8, 4) is 22.8 Å². The minimum atomic E-state index is -4.76. The molecule has 0 bridgehead atoms. The van der Waals surface area contributed by atoms with Crippen LogP contribution in [0.2, 0.25) is 0 Å². The molecule has 3 aromatic carbocycles. The van der Waals surface area contributed by atoms with Gasteiger partial charge in [0.25, 0.3) is 0 Å². The highest BCUT2D eigenvalue weighted by Gasteiger charge is 2.31. The first-order chi connectivity index (χ1) is 18.1. The molecule has 4 aromatic rings. The van der Waals surface area contributed by atoms with E-state index < -0.39 is 12.4 Å². The predicted octanol–water partition coefficient (Wildman–Crippen LogP) is 5.72. The smallest absolute Gasteiger partial charge is 0.406 e. The first-order valence-electron chi connectivity index (χ1n) is 11.5. The zero-order valence-corrected chi connectivity index (χ0v) is 20.4. The summed E-state index contributed by atoms with van der Waals surface area (Å²) in [7, 11) is 0. The summed E-state index contributed by atoms with van der Waals surface area (Å²) in [5, 5.41) is 9.54. The Kier molecular flexibility index (Phi) is 7.61. The van der Waals surface area contributed by atoms with Gasteiger partial charge in [0.2, 0.25) is 5.96 Å². The van der Waals surface area contributed by atoms with E-state index in [9.17, 15) is 18.0 Å². The van der Waals surface area contributed by atoms with E-state index in [1.165, 1.54) is 35.3 Å². The molecule has 12 heteroatoms. The summed E-state index contributed by atoms with van der Waals surface area (Å²) in [4.78, 5) is 20.9. The van der Waals surface area contributed by atoms with Crippen LogP contribution < -0.4 is 21.1 Å². The Morgan fingerprint density at radius 1 is 1.03 bits per heavy atom. The summed E-state index contributed by atoms with van der Waals surface area (Å²) in [6.45, 7) is 4.09. The summed E-state index contributed by atoms with van der Waals surface area (Å²) in [6, 6.07) is 19.0. The number of guanidine groups is 1. The summed E-state index contributed by atoms with van der Waals surface area (Å²) in [5.41, 5.74) is 9.28. The molecule has 196 valence electrons. The zero-order valence-electron chi connectivity index (χ0n) is 20.4. The van der Waals surface area contributed by atoms with Crippen LogP contribution in [0.25, 0.3) is 17.1 Å². The number of carbonyl (C=O) groups is 1. The lowest BCUT2D eigenvalue weighted by Gasteiger charge is -2.11. The maximum atomic E-state index is 12.4. The molecule has 9 nitrogen and oxygen atoms in total. The Hall–Kier alpha value is -4.87. The zero-order chi connectivity index (χ0) is 27.3. The molecule has 0 aliphatic carbocycles. The molecule has 2 amide bonds. The highest BCUT2D eigenvalue weighted by atomic mass is 19.4. The number of nitrogens with zero attached hydrogens (tertiary/aromatic N) is 4. The number of hydrogen-bond donors (Lipinski definition) is 3. The van der Waals surface area contributed by atoms with E-state index in [0.29, 0.717) is 28.5 Å². The molecule has 0 radical (unpaired) electrons. The Morgan fingerprint density at radius 3 is 2.37 bits per heavy atom. The van der Waals surface area contributed by atoms with Crippen molar-refractivity contribution in [3.05, 3.63) is 84.7 Å². The second-order valence-corrected chi connectivity index (χ2v) is 8.42. The standard InChI is InChI=1S/C26H24F3N7O2/c1-16(2)21-5-3-4-6-22(21)33-24(30)34-25(37)32-18-9-7-17(8-10-18)23-31-15-36(35-23)19-11-13-20(14-12-19)38-26(27,28)29/h3-16H,1-2H3,(H4,30,32,33,34,37). The van der Waals surface area contributed by atoms with Crippen LogP contribution in [0.3, 0.4) is 0 Å². The predicted molar refractivity (Wildman–Crippen MR) is 137 cm³/mol. The number of carbonyl (C=O) groups excluding carboxylic acids is 1. The number of anilines is 1. The van der Waals surface area contributed by atoms with Gasteiger partial charge in [-0.05, 0) is 66.1 Å². The van der Waals surface area contributed by atoms with Gasteiger partial charge in [-0.1, -0.05) is 32.0 Å². The summed E-state index contributed by atoms with van der Waals surface area (Å²) >= 11 is 0. The van der Waals surface area contributed by atoms with Crippen LogP contribution >= 0.6 is 0 Å². The van der Waals surface area contributed by atoms with Crippen molar-refractivity contribution in [1.82, 2.24) is 20.1 Å². The van der Waals surface area contributed by atoms with Gasteiger partial charge < -0.3 is 15.8 Å². The maximum Gasteiger partial charge on any atom is 0.573 e. The van der Waals surface area contributed by atoms with Crippen LogP contribution in [0.1, 0.15) is 25.3 Å². The third kappa shape index (κ3) is 6.87. The van der Waals surface area contributed by atoms with Crippen molar-refractivity contribution in [3.63, 3.8) is 0 Å². The molecule has 4 N–H and O–H groups in total. The fourth-order valence-electron chi connectivity index (χ4n) is 3.54. The van der Waals surface area contributed by atoms with Crippen LogP contribution in [0.4, 0.5) is 29.3 Å². The van der Waals surface area contributed by atoms with Crippen LogP contribution in [0, 0.1) is 0 Å². The molecule has 4 rings (SSSR count). The van der Waals surface area contributed by atoms with E-state index >= 15 is 0 Å². The van der Waals surface area contributed by atoms with Crippen LogP contribution in [0.5, 0.6) is 5.75 Å². The second kappa shape index (κ2) is 11.0. The van der Waals surface area contributed by atoms with Gasteiger partial charge >= 0.3 is 12.4 Å². The molecular weight excluding hydrogens is 499 g/mol. The number of alkyl halides is 3. The monoisotopic (exact) mass is 523 g/mol. The Labute approximate surface area is 216 Å². The summed E-state index contributed by atoms with van der Waals surface area (Å²) in [6.07, 6.45) is -3.32. The number of para-hydroxylation sites is 1. The Bertz CT molecular complexity index is 1430. The van der Waals surface area contributed by atoms with Gasteiger partial charge in [0.05, 0.1) is 11.4 Å². The van der Waals surface area contributed by atoms with Gasteiger partial charge in [-0.3, -0.25) is 5.32 Å². The molecule has 0 saturated carbocycles. The lowest BCUT2D eigenvalue weighted by Crippen LogP contribution is -2.39. The molecule has 0 unspecified atom stereocenters. The SMILES string of the molecule is CC(C)c1ccccc1N=C(N)NC(=O)Nc1ccc(-c2ncn(-c3ccc(OC(F)(F)F)cc3)n2)cc1. The van der Waals surface area contributed by atoms with Crippen molar-refractivity contribution >= 4 is 23.4 Å². The van der Waals surface area contributed by atoms with Gasteiger partial charge in [-0.2, -0.15) is 0 Å². The van der Waals surface area contributed by atoms with Gasteiger partial charge in [-0.25, -0.2) is 19.5 Å². The maximum absolute atomic E-state index is 12.4. The first-order valence-corrected chi connectivity index (χ1v) is 11.5. The van der Waals surface area contributed by atoms with E-state index in [2.05, 4.69) is 30.4 Å². The number of urea groups is 1. The number of nitrogens with one attached hydrogen (secondary N) is 2. The van der Waals surface area contributed by atoms with Crippen molar-refractivity contribution in [2.75, 3.05) is 5.32 Å². The second-order valence-electron chi connectivity index (χ2n) is 8.42. The fraction of sp³-hybridized carbons (Fsp3) is 0.154. The number of halogens is 3. The van der Waals surface area contributed by atoms with Crippen molar-refractivity contribution in [2.24, 2.45) is 10.7 Å². The molecular formula is C26H24F3N7O2. The van der Waals surface area contributed by atoms with E-state index in [1.807, 2.05) is 38.1 Å². The number of hydrogen-bond acceptors (Lipinski definition) is 5. The normalized spacial score (nSPS) is 11.9. The molecule has 1 heterocycles. The van der Waals surface area contributed by atoms with Gasteiger partial charge in [0.1, 0.15) is 12.1 Å². The average Bonchev–Trinajstić information content (AvgIpc) is 3.34. The van der Waals surface area contributed by atoms with Gasteiger partial charge in [-0.15, -0.1) is 18.3 Å². The van der Waals surface area contributed by atoms with E-state index in [-0.39, 0.29) is 17.6 Å². The first kappa shape index (κ1) is 26.2. The van der Waals surface area contributed by atoms with Gasteiger partial charge in [0.15, 0.2) is 5.82 Å². The molecule has 0 spiro atoms. The number of rotatable bonds is 6. The molecule has 0 fully saturated rings. The number of aliphatic imine (C=N–C) groups is 1. The van der Waals surface area contributed by atoms with Crippen molar-refractivity contribution < 1.29 is 22.7 Å². The molecule has 0 atom stereocenters. The quantitative estimate of drug-likeness (QED) is 0.220. The lowest BCUT2D eigenvalue weighted by atomic mass is 10.0. The average molecular weight is 524 g/mol. The topological polar surface area (TPSA) is 119 Å². The molecule has 0 aliphatic heterocycles. The lowest BCUT2D eigenvalue weighted by molar-refractivity contribution is -0.274. The summed E-state index contributed by atoms with van der Waals surface area (Å²) < 4.78 is 42.3. The molecule has 38 heavy (non-hydrogen) atoms. The van der Waals surface area contributed by atoms with E-state index in [1.54, 1.807) is 24.3 Å². The van der Waals surface area contributed by atoms with Crippen LogP contribution in [0.15, 0.2) is 84.1 Å². The van der Waals surface area contributed by atoms with Crippen molar-refractivity contribution in [1.29, 1.82) is 0 Å². The van der Waals surface area contributed by atoms with E-state index in [4.69, 9.17) is 5.73 Å². The van der Waals surface area contributed by atoms with Crippen molar-refractivity contribution in [2.45, 2.75) is 26.1 Å². The minimum Gasteiger partial charge on any atom is -0.406 e.